The fraction of sp³-hybridized carbons (Fsp3) is 0.300. The molecular formula is C20H20ClN3OS. The zero-order valence-corrected chi connectivity index (χ0v) is 16.0. The van der Waals surface area contributed by atoms with E-state index in [2.05, 4.69) is 11.9 Å². The number of hydrogen-bond acceptors (Lipinski definition) is 4. The maximum Gasteiger partial charge on any atom is 0.264 e. The molecule has 0 spiro atoms. The molecule has 0 amide bonds. The van der Waals surface area contributed by atoms with Crippen molar-refractivity contribution in [2.75, 3.05) is 5.32 Å². The molecule has 4 rings (SSSR count). The summed E-state index contributed by atoms with van der Waals surface area (Å²) < 4.78 is 1.67. The van der Waals surface area contributed by atoms with Crippen molar-refractivity contribution in [2.45, 2.75) is 38.8 Å². The van der Waals surface area contributed by atoms with E-state index < -0.39 is 0 Å². The third kappa shape index (κ3) is 3.06. The molecule has 1 aliphatic carbocycles. The van der Waals surface area contributed by atoms with Gasteiger partial charge in [-0.05, 0) is 42.9 Å². The number of nitrogens with zero attached hydrogens (tertiary/aromatic N) is 2. The van der Waals surface area contributed by atoms with Crippen molar-refractivity contribution in [1.29, 1.82) is 0 Å². The summed E-state index contributed by atoms with van der Waals surface area (Å²) in [7, 11) is 0. The van der Waals surface area contributed by atoms with Crippen LogP contribution in [0.15, 0.2) is 41.7 Å². The third-order valence-electron chi connectivity index (χ3n) is 4.78. The van der Waals surface area contributed by atoms with Gasteiger partial charge in [-0.1, -0.05) is 35.9 Å². The van der Waals surface area contributed by atoms with E-state index in [0.717, 1.165) is 35.0 Å². The Kier molecular flexibility index (Phi) is 4.83. The number of allylic oxidation sites excluding steroid dienone is 1. The molecular weight excluding hydrogens is 366 g/mol. The molecule has 2 aromatic heterocycles. The number of aryl methyl sites for hydroxylation is 2. The first-order valence-electron chi connectivity index (χ1n) is 8.82. The number of thiophene rings is 1. The Bertz CT molecular complexity index is 1040. The first-order valence-corrected chi connectivity index (χ1v) is 10.0. The molecule has 4 nitrogen and oxygen atoms in total. The Morgan fingerprint density at radius 3 is 2.92 bits per heavy atom. The van der Waals surface area contributed by atoms with E-state index in [1.165, 1.54) is 16.9 Å². The van der Waals surface area contributed by atoms with Gasteiger partial charge in [-0.3, -0.25) is 9.36 Å². The van der Waals surface area contributed by atoms with E-state index in [-0.39, 0.29) is 5.56 Å². The Hall–Kier alpha value is -2.11. The van der Waals surface area contributed by atoms with Crippen molar-refractivity contribution in [2.24, 2.45) is 0 Å². The van der Waals surface area contributed by atoms with Crippen LogP contribution >= 0.6 is 22.9 Å². The van der Waals surface area contributed by atoms with Gasteiger partial charge in [-0.15, -0.1) is 17.9 Å². The molecule has 0 radical (unpaired) electrons. The topological polar surface area (TPSA) is 46.9 Å². The maximum absolute atomic E-state index is 13.2. The molecule has 0 saturated carbocycles. The number of halogens is 1. The van der Waals surface area contributed by atoms with Crippen LogP contribution in [-0.4, -0.2) is 9.55 Å². The van der Waals surface area contributed by atoms with Crippen LogP contribution in [-0.2, 0) is 25.9 Å². The van der Waals surface area contributed by atoms with Gasteiger partial charge in [0.2, 0.25) is 5.95 Å². The molecule has 0 aliphatic heterocycles. The second kappa shape index (κ2) is 7.25. The molecule has 0 saturated heterocycles. The van der Waals surface area contributed by atoms with E-state index in [0.29, 0.717) is 24.1 Å². The van der Waals surface area contributed by atoms with Gasteiger partial charge in [0, 0.05) is 23.0 Å². The van der Waals surface area contributed by atoms with Crippen LogP contribution < -0.4 is 10.9 Å². The Morgan fingerprint density at radius 2 is 2.12 bits per heavy atom. The highest BCUT2D eigenvalue weighted by Crippen LogP contribution is 2.34. The van der Waals surface area contributed by atoms with Crippen molar-refractivity contribution in [3.63, 3.8) is 0 Å². The fourth-order valence-electron chi connectivity index (χ4n) is 3.49. The van der Waals surface area contributed by atoms with Crippen LogP contribution in [0.2, 0.25) is 5.02 Å². The van der Waals surface area contributed by atoms with Crippen LogP contribution in [0.3, 0.4) is 0 Å². The molecule has 0 bridgehead atoms. The van der Waals surface area contributed by atoms with E-state index >= 15 is 0 Å². The standard InChI is InChI=1S/C20H20ClN3OS/c1-2-11-24-19(25)17-14-8-4-6-10-16(14)26-18(17)23-20(24)22-12-13-7-3-5-9-15(13)21/h2-3,5,7,9H,1,4,6,8,10-12H2,(H,22,23). The van der Waals surface area contributed by atoms with E-state index in [1.807, 2.05) is 24.3 Å². The summed E-state index contributed by atoms with van der Waals surface area (Å²) in [6.45, 7) is 4.73. The minimum atomic E-state index is 0.0240. The minimum Gasteiger partial charge on any atom is -0.351 e. The van der Waals surface area contributed by atoms with Crippen molar-refractivity contribution in [3.8, 4) is 0 Å². The lowest BCUT2D eigenvalue weighted by Gasteiger charge is -2.14. The van der Waals surface area contributed by atoms with Gasteiger partial charge in [-0.25, -0.2) is 4.98 Å². The molecule has 26 heavy (non-hydrogen) atoms. The predicted octanol–water partition coefficient (Wildman–Crippen LogP) is 4.79. The summed E-state index contributed by atoms with van der Waals surface area (Å²) in [5.74, 6) is 0.570. The van der Waals surface area contributed by atoms with Crippen LogP contribution in [0, 0.1) is 0 Å². The van der Waals surface area contributed by atoms with Crippen LogP contribution in [0.1, 0.15) is 28.8 Å². The summed E-state index contributed by atoms with van der Waals surface area (Å²) in [5, 5.41) is 4.79. The van der Waals surface area contributed by atoms with Gasteiger partial charge in [0.05, 0.1) is 5.39 Å². The van der Waals surface area contributed by atoms with E-state index in [9.17, 15) is 4.79 Å². The van der Waals surface area contributed by atoms with Gasteiger partial charge in [-0.2, -0.15) is 0 Å². The zero-order valence-electron chi connectivity index (χ0n) is 14.4. The zero-order chi connectivity index (χ0) is 18.1. The van der Waals surface area contributed by atoms with E-state index in [4.69, 9.17) is 16.6 Å². The smallest absolute Gasteiger partial charge is 0.264 e. The van der Waals surface area contributed by atoms with Gasteiger partial charge in [0.1, 0.15) is 4.83 Å². The number of aromatic nitrogens is 2. The predicted molar refractivity (Wildman–Crippen MR) is 109 cm³/mol. The third-order valence-corrected chi connectivity index (χ3v) is 6.34. The maximum atomic E-state index is 13.2. The Labute approximate surface area is 161 Å². The molecule has 1 aromatic carbocycles. The van der Waals surface area contributed by atoms with Crippen molar-refractivity contribution >= 4 is 39.1 Å². The van der Waals surface area contributed by atoms with Crippen molar-refractivity contribution in [1.82, 2.24) is 9.55 Å². The SMILES string of the molecule is C=CCn1c(NCc2ccccc2Cl)nc2sc3c(c2c1=O)CCCC3. The molecule has 1 N–H and O–H groups in total. The summed E-state index contributed by atoms with van der Waals surface area (Å²) in [5.41, 5.74) is 2.21. The van der Waals surface area contributed by atoms with Gasteiger partial charge < -0.3 is 5.32 Å². The lowest BCUT2D eigenvalue weighted by Crippen LogP contribution is -2.25. The fourth-order valence-corrected chi connectivity index (χ4v) is 4.94. The lowest BCUT2D eigenvalue weighted by atomic mass is 9.97. The largest absolute Gasteiger partial charge is 0.351 e. The first-order chi connectivity index (χ1) is 12.7. The minimum absolute atomic E-state index is 0.0240. The highest BCUT2D eigenvalue weighted by Gasteiger charge is 2.21. The normalized spacial score (nSPS) is 13.6. The summed E-state index contributed by atoms with van der Waals surface area (Å²) in [6, 6.07) is 7.68. The molecule has 6 heteroatoms. The van der Waals surface area contributed by atoms with Crippen molar-refractivity contribution in [3.05, 3.63) is 68.3 Å². The molecule has 3 aromatic rings. The summed E-state index contributed by atoms with van der Waals surface area (Å²) in [4.78, 5) is 20.1. The molecule has 0 fully saturated rings. The molecule has 0 unspecified atom stereocenters. The number of benzene rings is 1. The van der Waals surface area contributed by atoms with Gasteiger partial charge in [0.15, 0.2) is 0 Å². The average molecular weight is 386 g/mol. The van der Waals surface area contributed by atoms with Gasteiger partial charge in [0.25, 0.3) is 5.56 Å². The van der Waals surface area contributed by atoms with Crippen LogP contribution in [0.5, 0.6) is 0 Å². The highest BCUT2D eigenvalue weighted by molar-refractivity contribution is 7.18. The van der Waals surface area contributed by atoms with E-state index in [1.54, 1.807) is 22.0 Å². The highest BCUT2D eigenvalue weighted by atomic mass is 35.5. The molecule has 134 valence electrons. The molecule has 1 aliphatic rings. The summed E-state index contributed by atoms with van der Waals surface area (Å²) in [6.07, 6.45) is 6.10. The van der Waals surface area contributed by atoms with Crippen LogP contribution in [0.25, 0.3) is 10.2 Å². The number of nitrogens with one attached hydrogen (secondary N) is 1. The van der Waals surface area contributed by atoms with Gasteiger partial charge >= 0.3 is 0 Å². The second-order valence-electron chi connectivity index (χ2n) is 6.48. The van der Waals surface area contributed by atoms with Crippen LogP contribution in [0.4, 0.5) is 5.95 Å². The average Bonchev–Trinajstić information content (AvgIpc) is 3.02. The Balaban J connectivity index is 1.78. The monoisotopic (exact) mass is 385 g/mol. The molecule has 0 atom stereocenters. The number of anilines is 1. The number of rotatable bonds is 5. The quantitative estimate of drug-likeness (QED) is 0.642. The number of fused-ring (bicyclic) bond motifs is 3. The first kappa shape index (κ1) is 17.3. The van der Waals surface area contributed by atoms with Crippen molar-refractivity contribution < 1.29 is 0 Å². The summed E-state index contributed by atoms with van der Waals surface area (Å²) >= 11 is 7.91. The Morgan fingerprint density at radius 1 is 1.31 bits per heavy atom. The second-order valence-corrected chi connectivity index (χ2v) is 7.97. The number of hydrogen-bond donors (Lipinski definition) is 1. The lowest BCUT2D eigenvalue weighted by molar-refractivity contribution is 0.698. The molecule has 2 heterocycles.